The summed E-state index contributed by atoms with van der Waals surface area (Å²) in [5, 5.41) is 10.6. The van der Waals surface area contributed by atoms with Crippen molar-refractivity contribution in [2.75, 3.05) is 0 Å². The Labute approximate surface area is 98.4 Å². The van der Waals surface area contributed by atoms with Crippen LogP contribution in [0.15, 0.2) is 12.1 Å². The summed E-state index contributed by atoms with van der Waals surface area (Å²) in [6.07, 6.45) is -5.73. The Morgan fingerprint density at radius 2 is 1.94 bits per heavy atom. The Morgan fingerprint density at radius 3 is 2.33 bits per heavy atom. The molecule has 0 spiro atoms. The van der Waals surface area contributed by atoms with Crippen LogP contribution in [0.3, 0.4) is 0 Å². The molecule has 1 aromatic rings. The molecule has 98 valence electrons. The van der Waals surface area contributed by atoms with E-state index in [1.54, 1.807) is 0 Å². The molecule has 0 radical (unpaired) electrons. The first-order valence-corrected chi connectivity index (χ1v) is 4.66. The zero-order valence-electron chi connectivity index (χ0n) is 9.05. The molecular formula is C10H7F4NO3. The highest BCUT2D eigenvalue weighted by Crippen LogP contribution is 2.37. The highest BCUT2D eigenvalue weighted by molar-refractivity contribution is 5.80. The van der Waals surface area contributed by atoms with E-state index in [4.69, 9.17) is 0 Å². The van der Waals surface area contributed by atoms with E-state index in [1.165, 1.54) is 0 Å². The van der Waals surface area contributed by atoms with Gasteiger partial charge in [-0.25, -0.2) is 4.39 Å². The number of nitrogens with zero attached hydrogens (tertiary/aromatic N) is 1. The summed E-state index contributed by atoms with van der Waals surface area (Å²) >= 11 is 0. The van der Waals surface area contributed by atoms with Crippen LogP contribution in [0.1, 0.15) is 18.1 Å². The van der Waals surface area contributed by atoms with Crippen molar-refractivity contribution in [1.29, 1.82) is 0 Å². The predicted molar refractivity (Wildman–Crippen MR) is 52.4 cm³/mol. The van der Waals surface area contributed by atoms with Gasteiger partial charge in [0, 0.05) is 12.0 Å². The summed E-state index contributed by atoms with van der Waals surface area (Å²) in [5.41, 5.74) is -3.36. The van der Waals surface area contributed by atoms with Crippen LogP contribution >= 0.6 is 0 Å². The number of carbonyl (C=O) groups is 1. The summed E-state index contributed by atoms with van der Waals surface area (Å²) in [5.74, 6) is -2.06. The third-order valence-corrected chi connectivity index (χ3v) is 2.12. The van der Waals surface area contributed by atoms with Crippen molar-refractivity contribution in [3.8, 4) is 0 Å². The van der Waals surface area contributed by atoms with Gasteiger partial charge in [-0.3, -0.25) is 14.9 Å². The Balaban J connectivity index is 3.57. The van der Waals surface area contributed by atoms with Gasteiger partial charge in [-0.05, 0) is 13.0 Å². The van der Waals surface area contributed by atoms with Crippen LogP contribution in [0.5, 0.6) is 0 Å². The SMILES string of the molecule is CC(=O)Cc1c([N+](=O)[O-])cc(F)cc1C(F)(F)F. The van der Waals surface area contributed by atoms with E-state index < -0.39 is 45.9 Å². The highest BCUT2D eigenvalue weighted by Gasteiger charge is 2.37. The fourth-order valence-corrected chi connectivity index (χ4v) is 1.47. The molecule has 0 amide bonds. The van der Waals surface area contributed by atoms with Crippen LogP contribution in [0.4, 0.5) is 23.2 Å². The molecule has 0 saturated carbocycles. The first-order valence-electron chi connectivity index (χ1n) is 4.66. The molecule has 0 bridgehead atoms. The van der Waals surface area contributed by atoms with E-state index in [2.05, 4.69) is 0 Å². The second kappa shape index (κ2) is 4.71. The fraction of sp³-hybridized carbons (Fsp3) is 0.300. The van der Waals surface area contributed by atoms with E-state index in [9.17, 15) is 32.5 Å². The Morgan fingerprint density at radius 1 is 1.39 bits per heavy atom. The third-order valence-electron chi connectivity index (χ3n) is 2.12. The van der Waals surface area contributed by atoms with Gasteiger partial charge < -0.3 is 0 Å². The number of alkyl halides is 3. The van der Waals surface area contributed by atoms with Crippen molar-refractivity contribution in [2.24, 2.45) is 0 Å². The number of Topliss-reactive ketones (excluding diaryl/α,β-unsaturated/α-hetero) is 1. The summed E-state index contributed by atoms with van der Waals surface area (Å²) in [6.45, 7) is 0.993. The zero-order chi connectivity index (χ0) is 14.1. The Bertz CT molecular complexity index is 511. The number of rotatable bonds is 3. The third kappa shape index (κ3) is 3.02. The van der Waals surface area contributed by atoms with Gasteiger partial charge in [0.2, 0.25) is 0 Å². The Hall–Kier alpha value is -1.99. The molecule has 0 N–H and O–H groups in total. The number of nitro benzene ring substituents is 1. The molecule has 0 heterocycles. The largest absolute Gasteiger partial charge is 0.417 e. The molecule has 1 rings (SSSR count). The smallest absolute Gasteiger partial charge is 0.300 e. The van der Waals surface area contributed by atoms with Crippen molar-refractivity contribution >= 4 is 11.5 Å². The molecule has 18 heavy (non-hydrogen) atoms. The van der Waals surface area contributed by atoms with Crippen molar-refractivity contribution < 1.29 is 27.3 Å². The van der Waals surface area contributed by atoms with Crippen LogP contribution in [-0.4, -0.2) is 10.7 Å². The zero-order valence-corrected chi connectivity index (χ0v) is 9.05. The molecule has 0 aliphatic heterocycles. The van der Waals surface area contributed by atoms with E-state index in [0.717, 1.165) is 6.92 Å². The normalized spacial score (nSPS) is 11.4. The summed E-state index contributed by atoms with van der Waals surface area (Å²) in [7, 11) is 0. The molecule has 0 aliphatic carbocycles. The van der Waals surface area contributed by atoms with Crippen LogP contribution in [0.2, 0.25) is 0 Å². The topological polar surface area (TPSA) is 60.2 Å². The van der Waals surface area contributed by atoms with Crippen molar-refractivity contribution in [3.05, 3.63) is 39.2 Å². The Kier molecular flexibility index (Phi) is 3.68. The summed E-state index contributed by atoms with van der Waals surface area (Å²) < 4.78 is 50.8. The number of benzene rings is 1. The lowest BCUT2D eigenvalue weighted by Crippen LogP contribution is -2.14. The van der Waals surface area contributed by atoms with Gasteiger partial charge in [0.1, 0.15) is 11.6 Å². The van der Waals surface area contributed by atoms with Crippen molar-refractivity contribution in [1.82, 2.24) is 0 Å². The number of nitro groups is 1. The first kappa shape index (κ1) is 14.1. The van der Waals surface area contributed by atoms with Crippen molar-refractivity contribution in [3.63, 3.8) is 0 Å². The number of ketones is 1. The molecule has 0 aliphatic rings. The molecule has 0 fully saturated rings. The van der Waals surface area contributed by atoms with E-state index >= 15 is 0 Å². The van der Waals surface area contributed by atoms with Crippen LogP contribution in [0, 0.1) is 15.9 Å². The minimum atomic E-state index is -4.96. The summed E-state index contributed by atoms with van der Waals surface area (Å²) in [6, 6.07) is 0.513. The summed E-state index contributed by atoms with van der Waals surface area (Å²) in [4.78, 5) is 20.3. The van der Waals surface area contributed by atoms with Crippen molar-refractivity contribution in [2.45, 2.75) is 19.5 Å². The molecule has 8 heteroatoms. The maximum atomic E-state index is 12.9. The van der Waals surface area contributed by atoms with Gasteiger partial charge in [0.15, 0.2) is 0 Å². The lowest BCUT2D eigenvalue weighted by molar-refractivity contribution is -0.386. The average molecular weight is 265 g/mol. The molecule has 1 aromatic carbocycles. The van der Waals surface area contributed by atoms with Gasteiger partial charge in [-0.2, -0.15) is 13.2 Å². The fourth-order valence-electron chi connectivity index (χ4n) is 1.47. The molecular weight excluding hydrogens is 258 g/mol. The maximum absolute atomic E-state index is 12.9. The van der Waals surface area contributed by atoms with E-state index in [1.807, 2.05) is 0 Å². The standard InChI is InChI=1S/C10H7F4NO3/c1-5(16)2-7-8(10(12,13)14)3-6(11)4-9(7)15(17)18/h3-4H,2H2,1H3. The number of carbonyl (C=O) groups excluding carboxylic acids is 1. The van der Waals surface area contributed by atoms with E-state index in [0.29, 0.717) is 6.07 Å². The highest BCUT2D eigenvalue weighted by atomic mass is 19.4. The minimum Gasteiger partial charge on any atom is -0.300 e. The minimum absolute atomic E-state index is 0.144. The van der Waals surface area contributed by atoms with Crippen LogP contribution < -0.4 is 0 Å². The maximum Gasteiger partial charge on any atom is 0.417 e. The lowest BCUT2D eigenvalue weighted by atomic mass is 10.00. The lowest BCUT2D eigenvalue weighted by Gasteiger charge is -2.12. The van der Waals surface area contributed by atoms with Crippen LogP contribution in [-0.2, 0) is 17.4 Å². The van der Waals surface area contributed by atoms with E-state index in [-0.39, 0.29) is 6.07 Å². The second-order valence-corrected chi connectivity index (χ2v) is 3.58. The van der Waals surface area contributed by atoms with Gasteiger partial charge >= 0.3 is 6.18 Å². The van der Waals surface area contributed by atoms with Gasteiger partial charge in [-0.15, -0.1) is 0 Å². The monoisotopic (exact) mass is 265 g/mol. The average Bonchev–Trinajstić information content (AvgIpc) is 2.17. The van der Waals surface area contributed by atoms with Gasteiger partial charge in [-0.1, -0.05) is 0 Å². The molecule has 0 aromatic heterocycles. The van der Waals surface area contributed by atoms with Gasteiger partial charge in [0.05, 0.1) is 16.6 Å². The number of hydrogen-bond donors (Lipinski definition) is 0. The van der Waals surface area contributed by atoms with Crippen LogP contribution in [0.25, 0.3) is 0 Å². The molecule has 0 unspecified atom stereocenters. The number of halogens is 4. The quantitative estimate of drug-likeness (QED) is 0.479. The molecule has 0 atom stereocenters. The number of hydrogen-bond acceptors (Lipinski definition) is 3. The predicted octanol–water partition coefficient (Wildman–Crippen LogP) is 2.88. The first-order chi connectivity index (χ1) is 8.12. The molecule has 0 saturated heterocycles. The molecule has 4 nitrogen and oxygen atoms in total. The second-order valence-electron chi connectivity index (χ2n) is 3.58. The van der Waals surface area contributed by atoms with Gasteiger partial charge in [0.25, 0.3) is 5.69 Å².